The quantitative estimate of drug-likeness (QED) is 0.613. The monoisotopic (exact) mass is 341 g/mol. The predicted molar refractivity (Wildman–Crippen MR) is 87.3 cm³/mol. The van der Waals surface area contributed by atoms with Crippen LogP contribution in [0.2, 0.25) is 0 Å². The summed E-state index contributed by atoms with van der Waals surface area (Å²) < 4.78 is 12.0. The number of carbonyl (C=O) groups is 1. The van der Waals surface area contributed by atoms with Gasteiger partial charge in [-0.15, -0.1) is 15.3 Å². The van der Waals surface area contributed by atoms with Gasteiger partial charge in [0.05, 0.1) is 18.9 Å². The fraction of sp³-hybridized carbons (Fsp3) is 0.0667. The second kappa shape index (κ2) is 5.78. The zero-order valence-electron chi connectivity index (χ0n) is 12.5. The van der Waals surface area contributed by atoms with Gasteiger partial charge in [0.1, 0.15) is 5.75 Å². The molecule has 120 valence electrons. The molecule has 8 nitrogen and oxygen atoms in total. The van der Waals surface area contributed by atoms with Gasteiger partial charge in [0.15, 0.2) is 5.76 Å². The summed E-state index contributed by atoms with van der Waals surface area (Å²) >= 11 is 1.22. The number of ether oxygens (including phenoxy) is 1. The lowest BCUT2D eigenvalue weighted by Gasteiger charge is -2.06. The minimum Gasteiger partial charge on any atom is -0.496 e. The number of aromatic nitrogens is 4. The van der Waals surface area contributed by atoms with Crippen molar-refractivity contribution in [3.63, 3.8) is 0 Å². The third-order valence-corrected chi connectivity index (χ3v) is 4.12. The topological polar surface area (TPSA) is 94.5 Å². The van der Waals surface area contributed by atoms with Crippen LogP contribution in [-0.4, -0.2) is 32.8 Å². The van der Waals surface area contributed by atoms with Gasteiger partial charge in [-0.05, 0) is 24.3 Å². The highest BCUT2D eigenvalue weighted by atomic mass is 32.1. The van der Waals surface area contributed by atoms with Crippen LogP contribution < -0.4 is 10.1 Å². The zero-order chi connectivity index (χ0) is 16.5. The van der Waals surface area contributed by atoms with Crippen molar-refractivity contribution in [3.05, 3.63) is 48.2 Å². The van der Waals surface area contributed by atoms with E-state index >= 15 is 0 Å². The summed E-state index contributed by atoms with van der Waals surface area (Å²) in [6.45, 7) is 0. The van der Waals surface area contributed by atoms with Gasteiger partial charge in [-0.25, -0.2) is 0 Å². The van der Waals surface area contributed by atoms with Crippen LogP contribution in [0.15, 0.2) is 47.1 Å². The molecule has 0 unspecified atom stereocenters. The number of rotatable bonds is 4. The van der Waals surface area contributed by atoms with Gasteiger partial charge in [0.25, 0.3) is 5.91 Å². The summed E-state index contributed by atoms with van der Waals surface area (Å²) in [6.07, 6.45) is 1.55. The number of fused-ring (bicyclic) bond motifs is 1. The highest BCUT2D eigenvalue weighted by Gasteiger charge is 2.18. The van der Waals surface area contributed by atoms with Crippen LogP contribution in [-0.2, 0) is 0 Å². The van der Waals surface area contributed by atoms with Crippen LogP contribution in [0.5, 0.6) is 5.75 Å². The Morgan fingerprint density at radius 2 is 2.12 bits per heavy atom. The van der Waals surface area contributed by atoms with E-state index in [1.807, 2.05) is 0 Å². The maximum atomic E-state index is 12.4. The van der Waals surface area contributed by atoms with E-state index in [2.05, 4.69) is 20.6 Å². The number of hydrogen-bond acceptors (Lipinski definition) is 7. The fourth-order valence-electron chi connectivity index (χ4n) is 2.22. The number of anilines is 1. The Morgan fingerprint density at radius 3 is 2.92 bits per heavy atom. The summed E-state index contributed by atoms with van der Waals surface area (Å²) in [4.78, 5) is 13.0. The predicted octanol–water partition coefficient (Wildman–Crippen LogP) is 2.71. The summed E-state index contributed by atoms with van der Waals surface area (Å²) in [5.74, 6) is 1.21. The van der Waals surface area contributed by atoms with Gasteiger partial charge < -0.3 is 9.15 Å². The molecule has 1 amide bonds. The molecule has 9 heteroatoms. The number of hydrogen-bond donors (Lipinski definition) is 1. The number of methoxy groups -OCH3 is 1. The fourth-order valence-corrected chi connectivity index (χ4v) is 2.96. The smallest absolute Gasteiger partial charge is 0.261 e. The average molecular weight is 341 g/mol. The molecule has 0 fully saturated rings. The van der Waals surface area contributed by atoms with Gasteiger partial charge >= 0.3 is 0 Å². The molecule has 0 atom stereocenters. The van der Waals surface area contributed by atoms with Crippen molar-refractivity contribution in [1.29, 1.82) is 0 Å². The number of furan rings is 1. The summed E-state index contributed by atoms with van der Waals surface area (Å²) in [7, 11) is 1.52. The molecule has 24 heavy (non-hydrogen) atoms. The number of para-hydroxylation sites is 1. The standard InChI is InChI=1S/C15H11N5O3S/c1-22-10-6-3-2-5-9(10)13(21)16-14-19-20-12(11-7-4-8-23-11)17-18-15(20)24-14/h2-8H,1H3,(H,16,19,21). The number of nitrogens with zero attached hydrogens (tertiary/aromatic N) is 4. The van der Waals surface area contributed by atoms with Crippen LogP contribution >= 0.6 is 11.3 Å². The van der Waals surface area contributed by atoms with Crippen molar-refractivity contribution in [3.8, 4) is 17.3 Å². The average Bonchev–Trinajstić information content (AvgIpc) is 3.31. The van der Waals surface area contributed by atoms with Gasteiger partial charge in [-0.3, -0.25) is 10.1 Å². The molecule has 0 aliphatic carbocycles. The highest BCUT2D eigenvalue weighted by Crippen LogP contribution is 2.25. The summed E-state index contributed by atoms with van der Waals surface area (Å²) in [5, 5.41) is 15.6. The Morgan fingerprint density at radius 1 is 1.25 bits per heavy atom. The highest BCUT2D eigenvalue weighted by molar-refractivity contribution is 7.20. The Bertz CT molecular complexity index is 1010. The lowest BCUT2D eigenvalue weighted by molar-refractivity contribution is 0.102. The van der Waals surface area contributed by atoms with Crippen molar-refractivity contribution in [1.82, 2.24) is 19.8 Å². The Labute approximate surface area is 139 Å². The van der Waals surface area contributed by atoms with E-state index in [0.29, 0.717) is 33.0 Å². The van der Waals surface area contributed by atoms with E-state index in [0.717, 1.165) is 0 Å². The van der Waals surface area contributed by atoms with Crippen molar-refractivity contribution >= 4 is 27.3 Å². The Balaban J connectivity index is 1.64. The molecule has 0 saturated heterocycles. The SMILES string of the molecule is COc1ccccc1C(=O)Nc1nn2c(-c3ccco3)nnc2s1. The lowest BCUT2D eigenvalue weighted by atomic mass is 10.2. The van der Waals surface area contributed by atoms with Crippen LogP contribution in [0.4, 0.5) is 5.13 Å². The minimum absolute atomic E-state index is 0.308. The first-order valence-corrected chi connectivity index (χ1v) is 7.78. The van der Waals surface area contributed by atoms with Crippen LogP contribution in [0.25, 0.3) is 16.5 Å². The van der Waals surface area contributed by atoms with Crippen molar-refractivity contribution in [2.24, 2.45) is 0 Å². The molecule has 3 aromatic heterocycles. The van der Waals surface area contributed by atoms with Crippen molar-refractivity contribution in [2.75, 3.05) is 12.4 Å². The zero-order valence-corrected chi connectivity index (χ0v) is 13.3. The van der Waals surface area contributed by atoms with E-state index in [-0.39, 0.29) is 5.91 Å². The van der Waals surface area contributed by atoms with E-state index in [4.69, 9.17) is 9.15 Å². The summed E-state index contributed by atoms with van der Waals surface area (Å²) in [5.41, 5.74) is 0.428. The number of benzene rings is 1. The number of nitrogens with one attached hydrogen (secondary N) is 1. The third-order valence-electron chi connectivity index (χ3n) is 3.30. The van der Waals surface area contributed by atoms with Gasteiger partial charge in [0.2, 0.25) is 15.9 Å². The van der Waals surface area contributed by atoms with E-state index in [1.54, 1.807) is 42.7 Å². The summed E-state index contributed by atoms with van der Waals surface area (Å²) in [6, 6.07) is 10.5. The largest absolute Gasteiger partial charge is 0.496 e. The maximum Gasteiger partial charge on any atom is 0.261 e. The van der Waals surface area contributed by atoms with Crippen molar-refractivity contribution in [2.45, 2.75) is 0 Å². The molecule has 1 N–H and O–H groups in total. The number of amides is 1. The first-order chi connectivity index (χ1) is 11.8. The van der Waals surface area contributed by atoms with E-state index in [9.17, 15) is 4.79 Å². The third kappa shape index (κ3) is 2.40. The molecular weight excluding hydrogens is 330 g/mol. The van der Waals surface area contributed by atoms with E-state index < -0.39 is 0 Å². The van der Waals surface area contributed by atoms with Crippen molar-refractivity contribution < 1.29 is 13.9 Å². The Kier molecular flexibility index (Phi) is 3.47. The minimum atomic E-state index is -0.308. The molecule has 0 aliphatic heterocycles. The van der Waals surface area contributed by atoms with Gasteiger partial charge in [-0.1, -0.05) is 23.5 Å². The second-order valence-corrected chi connectivity index (χ2v) is 5.71. The molecule has 0 aliphatic rings. The molecule has 4 rings (SSSR count). The first kappa shape index (κ1) is 14.4. The normalized spacial score (nSPS) is 10.9. The van der Waals surface area contributed by atoms with Gasteiger partial charge in [-0.2, -0.15) is 4.52 Å². The molecule has 0 saturated carbocycles. The lowest BCUT2D eigenvalue weighted by Crippen LogP contribution is -2.13. The van der Waals surface area contributed by atoms with Crippen LogP contribution in [0.1, 0.15) is 10.4 Å². The number of carbonyl (C=O) groups excluding carboxylic acids is 1. The molecule has 0 radical (unpaired) electrons. The molecular formula is C15H11N5O3S. The molecule has 0 bridgehead atoms. The molecule has 4 aromatic rings. The van der Waals surface area contributed by atoms with Crippen LogP contribution in [0.3, 0.4) is 0 Å². The van der Waals surface area contributed by atoms with Gasteiger partial charge in [0, 0.05) is 0 Å². The molecule has 0 spiro atoms. The maximum absolute atomic E-state index is 12.4. The first-order valence-electron chi connectivity index (χ1n) is 6.97. The molecule has 3 heterocycles. The Hall–Kier alpha value is -3.20. The molecule has 1 aromatic carbocycles. The second-order valence-electron chi connectivity index (χ2n) is 4.76. The van der Waals surface area contributed by atoms with E-state index in [1.165, 1.54) is 23.0 Å². The van der Waals surface area contributed by atoms with Crippen LogP contribution in [0, 0.1) is 0 Å².